The van der Waals surface area contributed by atoms with Gasteiger partial charge in [0.05, 0.1) is 21.9 Å². The molecule has 17 heavy (non-hydrogen) atoms. The summed E-state index contributed by atoms with van der Waals surface area (Å²) in [5.41, 5.74) is 2.69. The lowest BCUT2D eigenvalue weighted by Crippen LogP contribution is -1.84. The fraction of sp³-hybridized carbons (Fsp3) is 0. The highest BCUT2D eigenvalue weighted by atomic mass is 32.1. The average Bonchev–Trinajstić information content (AvgIpc) is 2.73. The van der Waals surface area contributed by atoms with Gasteiger partial charge in [0.1, 0.15) is 16.7 Å². The lowest BCUT2D eigenvalue weighted by atomic mass is 10.2. The molecule has 0 aliphatic heterocycles. The molecule has 0 aromatic carbocycles. The maximum absolute atomic E-state index is 4.57. The molecule has 0 unspecified atom stereocenters. The Bertz CT molecular complexity index is 847. The first-order valence-corrected chi connectivity index (χ1v) is 5.97. The van der Waals surface area contributed by atoms with Crippen molar-refractivity contribution in [3.05, 3.63) is 36.9 Å². The summed E-state index contributed by atoms with van der Waals surface area (Å²) in [6.07, 6.45) is 5.08. The predicted molar refractivity (Wildman–Crippen MR) is 68.0 cm³/mol. The van der Waals surface area contributed by atoms with E-state index in [4.69, 9.17) is 0 Å². The van der Waals surface area contributed by atoms with Crippen molar-refractivity contribution in [1.82, 2.24) is 19.9 Å². The monoisotopic (exact) mass is 238 g/mol. The van der Waals surface area contributed by atoms with Crippen LogP contribution in [0.25, 0.3) is 31.5 Å². The smallest absolute Gasteiger partial charge is 0.127 e. The summed E-state index contributed by atoms with van der Waals surface area (Å²) in [5.74, 6) is 0. The molecule has 4 aromatic rings. The minimum Gasteiger partial charge on any atom is -0.255 e. The van der Waals surface area contributed by atoms with Crippen LogP contribution in [0.15, 0.2) is 36.9 Å². The summed E-state index contributed by atoms with van der Waals surface area (Å²) in [7, 11) is 0. The van der Waals surface area contributed by atoms with Gasteiger partial charge in [-0.25, -0.2) is 15.0 Å². The predicted octanol–water partition coefficient (Wildman–Crippen LogP) is 2.79. The van der Waals surface area contributed by atoms with Crippen molar-refractivity contribution in [2.75, 3.05) is 0 Å². The van der Waals surface area contributed by atoms with E-state index in [2.05, 4.69) is 26.0 Å². The van der Waals surface area contributed by atoms with Crippen LogP contribution in [-0.2, 0) is 0 Å². The normalized spacial score (nSPS) is 11.5. The molecule has 0 radical (unpaired) electrons. The maximum Gasteiger partial charge on any atom is 0.127 e. The summed E-state index contributed by atoms with van der Waals surface area (Å²) >= 11 is 1.65. The van der Waals surface area contributed by atoms with Crippen molar-refractivity contribution in [2.24, 2.45) is 0 Å². The molecule has 4 heterocycles. The topological polar surface area (TPSA) is 51.6 Å². The molecular formula is C12H6N4S. The molecule has 4 rings (SSSR count). The fourth-order valence-corrected chi connectivity index (χ4v) is 2.95. The zero-order chi connectivity index (χ0) is 11.2. The molecule has 0 N–H and O–H groups in total. The van der Waals surface area contributed by atoms with Gasteiger partial charge < -0.3 is 0 Å². The van der Waals surface area contributed by atoms with Crippen LogP contribution < -0.4 is 0 Å². The molecule has 0 atom stereocenters. The number of hydrogen-bond donors (Lipinski definition) is 0. The number of nitrogens with zero attached hydrogens (tertiary/aromatic N) is 4. The highest BCUT2D eigenvalue weighted by molar-refractivity contribution is 7.25. The molecule has 0 amide bonds. The second-order valence-corrected chi connectivity index (χ2v) is 4.75. The highest BCUT2D eigenvalue weighted by Crippen LogP contribution is 2.32. The fourth-order valence-electron chi connectivity index (χ4n) is 1.92. The van der Waals surface area contributed by atoms with Gasteiger partial charge in [-0.15, -0.1) is 11.3 Å². The first kappa shape index (κ1) is 8.95. The molecule has 4 nitrogen and oxygen atoms in total. The largest absolute Gasteiger partial charge is 0.255 e. The lowest BCUT2D eigenvalue weighted by Gasteiger charge is -1.95. The van der Waals surface area contributed by atoms with Gasteiger partial charge in [0.25, 0.3) is 0 Å². The average molecular weight is 238 g/mol. The molecule has 0 aliphatic rings. The van der Waals surface area contributed by atoms with E-state index in [0.717, 1.165) is 31.5 Å². The van der Waals surface area contributed by atoms with E-state index in [1.807, 2.05) is 12.1 Å². The standard InChI is InChI=1S/C12H6N4S/c1-2-10-11(14-3-1)7-4-8-9(5-13-6-15-8)16-12(7)17-10/h1-6H. The lowest BCUT2D eigenvalue weighted by molar-refractivity contribution is 1.21. The minimum absolute atomic E-state index is 0.826. The van der Waals surface area contributed by atoms with Gasteiger partial charge in [-0.1, -0.05) is 0 Å². The number of rotatable bonds is 0. The van der Waals surface area contributed by atoms with Crippen LogP contribution in [0, 0.1) is 0 Å². The first-order chi connectivity index (χ1) is 8.42. The van der Waals surface area contributed by atoms with Crippen LogP contribution in [0.2, 0.25) is 0 Å². The van der Waals surface area contributed by atoms with E-state index in [1.54, 1.807) is 23.7 Å². The quantitative estimate of drug-likeness (QED) is 0.472. The minimum atomic E-state index is 0.826. The Labute approximate surface area is 100.0 Å². The summed E-state index contributed by atoms with van der Waals surface area (Å²) in [5, 5.41) is 1.07. The second kappa shape index (κ2) is 3.18. The number of thiophene rings is 1. The van der Waals surface area contributed by atoms with Gasteiger partial charge in [-0.05, 0) is 18.2 Å². The van der Waals surface area contributed by atoms with E-state index in [9.17, 15) is 0 Å². The third-order valence-electron chi connectivity index (χ3n) is 2.69. The van der Waals surface area contributed by atoms with Gasteiger partial charge >= 0.3 is 0 Å². The second-order valence-electron chi connectivity index (χ2n) is 3.72. The Hall–Kier alpha value is -2.14. The van der Waals surface area contributed by atoms with E-state index in [-0.39, 0.29) is 0 Å². The van der Waals surface area contributed by atoms with E-state index in [0.29, 0.717) is 0 Å². The van der Waals surface area contributed by atoms with Gasteiger partial charge in [0.2, 0.25) is 0 Å². The van der Waals surface area contributed by atoms with Crippen LogP contribution in [0.5, 0.6) is 0 Å². The molecule has 5 heteroatoms. The first-order valence-electron chi connectivity index (χ1n) is 5.16. The maximum atomic E-state index is 4.57. The van der Waals surface area contributed by atoms with Gasteiger partial charge in [0.15, 0.2) is 0 Å². The Morgan fingerprint density at radius 2 is 2.12 bits per heavy atom. The number of aromatic nitrogens is 4. The molecule has 0 fully saturated rings. The van der Waals surface area contributed by atoms with Crippen LogP contribution in [-0.4, -0.2) is 19.9 Å². The molecule has 0 saturated heterocycles. The van der Waals surface area contributed by atoms with Crippen molar-refractivity contribution >= 4 is 42.8 Å². The molecule has 4 aromatic heterocycles. The molecule has 0 saturated carbocycles. The highest BCUT2D eigenvalue weighted by Gasteiger charge is 2.08. The number of hydrogen-bond acceptors (Lipinski definition) is 5. The van der Waals surface area contributed by atoms with Crippen molar-refractivity contribution in [1.29, 1.82) is 0 Å². The van der Waals surface area contributed by atoms with Crippen molar-refractivity contribution in [3.63, 3.8) is 0 Å². The van der Waals surface area contributed by atoms with Gasteiger partial charge in [-0.2, -0.15) is 0 Å². The van der Waals surface area contributed by atoms with Crippen molar-refractivity contribution < 1.29 is 0 Å². The summed E-state index contributed by atoms with van der Waals surface area (Å²) < 4.78 is 1.15. The zero-order valence-corrected chi connectivity index (χ0v) is 9.48. The van der Waals surface area contributed by atoms with E-state index >= 15 is 0 Å². The molecular weight excluding hydrogens is 232 g/mol. The summed E-state index contributed by atoms with van der Waals surface area (Å²) in [6, 6.07) is 6.04. The zero-order valence-electron chi connectivity index (χ0n) is 8.66. The third kappa shape index (κ3) is 1.23. The molecule has 0 spiro atoms. The molecule has 80 valence electrons. The Kier molecular flexibility index (Phi) is 1.67. The van der Waals surface area contributed by atoms with Crippen molar-refractivity contribution in [3.8, 4) is 0 Å². The van der Waals surface area contributed by atoms with Crippen LogP contribution >= 0.6 is 11.3 Å². The van der Waals surface area contributed by atoms with Gasteiger partial charge in [0, 0.05) is 11.6 Å². The molecule has 0 aliphatic carbocycles. The summed E-state index contributed by atoms with van der Waals surface area (Å²) in [4.78, 5) is 18.2. The number of pyridine rings is 2. The van der Waals surface area contributed by atoms with E-state index in [1.165, 1.54) is 6.33 Å². The third-order valence-corrected chi connectivity index (χ3v) is 3.74. The van der Waals surface area contributed by atoms with Crippen LogP contribution in [0.4, 0.5) is 0 Å². The van der Waals surface area contributed by atoms with Crippen molar-refractivity contribution in [2.45, 2.75) is 0 Å². The van der Waals surface area contributed by atoms with Crippen LogP contribution in [0.3, 0.4) is 0 Å². The Morgan fingerprint density at radius 1 is 1.12 bits per heavy atom. The van der Waals surface area contributed by atoms with E-state index < -0.39 is 0 Å². The Morgan fingerprint density at radius 3 is 3.12 bits per heavy atom. The van der Waals surface area contributed by atoms with Crippen LogP contribution in [0.1, 0.15) is 0 Å². The molecule has 0 bridgehead atoms. The number of fused-ring (bicyclic) bond motifs is 4. The SMILES string of the molecule is c1cnc2c(c1)sc1nc3cncnc3cc12. The van der Waals surface area contributed by atoms with Gasteiger partial charge in [-0.3, -0.25) is 4.98 Å². The summed E-state index contributed by atoms with van der Waals surface area (Å²) in [6.45, 7) is 0. The Balaban J connectivity index is 2.28.